The molecule has 13 heteroatoms. The Bertz CT molecular complexity index is 1180. The van der Waals surface area contributed by atoms with Gasteiger partial charge in [-0.1, -0.05) is 42.5 Å². The lowest BCUT2D eigenvalue weighted by Crippen LogP contribution is -2.54. The Balaban J connectivity index is 1.69. The molecule has 2 unspecified atom stereocenters. The number of carboxylic acids is 3. The molecule has 0 saturated carbocycles. The molecule has 0 fully saturated rings. The number of nitrogens with one attached hydrogen (secondary N) is 4. The summed E-state index contributed by atoms with van der Waals surface area (Å²) in [7, 11) is 0. The van der Waals surface area contributed by atoms with Crippen molar-refractivity contribution in [1.29, 1.82) is 0 Å². The molecular weight excluding hydrogens is 500 g/mol. The number of rotatable bonds is 14. The summed E-state index contributed by atoms with van der Waals surface area (Å²) >= 11 is 0. The number of unbranched alkanes of at least 4 members (excludes halogenated alkanes) is 1. The van der Waals surface area contributed by atoms with E-state index in [1.807, 2.05) is 53.1 Å². The largest absolute Gasteiger partial charge is 0.480 e. The topological polar surface area (TPSA) is 211 Å². The normalized spacial score (nSPS) is 12.1. The summed E-state index contributed by atoms with van der Waals surface area (Å²) < 4.78 is 0. The zero-order valence-corrected chi connectivity index (χ0v) is 20.4. The highest BCUT2D eigenvalue weighted by Crippen LogP contribution is 2.16. The second-order valence-electron chi connectivity index (χ2n) is 8.44. The molecule has 2 atom stereocenters. The number of carboxylic acid groups (broad SMARTS) is 3. The van der Waals surface area contributed by atoms with E-state index in [4.69, 9.17) is 10.2 Å². The summed E-state index contributed by atoms with van der Waals surface area (Å²) in [5.74, 6) is -6.33. The van der Waals surface area contributed by atoms with Crippen LogP contribution in [0.3, 0.4) is 0 Å². The van der Waals surface area contributed by atoms with Crippen LogP contribution in [0.2, 0.25) is 0 Å². The second kappa shape index (κ2) is 14.8. The van der Waals surface area contributed by atoms with Crippen molar-refractivity contribution in [3.05, 3.63) is 48.0 Å². The van der Waals surface area contributed by atoms with Gasteiger partial charge in [-0.25, -0.2) is 19.2 Å². The molecule has 0 bridgehead atoms. The second-order valence-corrected chi connectivity index (χ2v) is 8.44. The quantitative estimate of drug-likeness (QED) is 0.133. The van der Waals surface area contributed by atoms with E-state index >= 15 is 0 Å². The third-order valence-electron chi connectivity index (χ3n) is 5.56. The first-order valence-electron chi connectivity index (χ1n) is 11.8. The molecular formula is C25H30N4O9. The maximum absolute atomic E-state index is 12.1. The van der Waals surface area contributed by atoms with Crippen LogP contribution in [0, 0.1) is 0 Å². The van der Waals surface area contributed by atoms with Crippen molar-refractivity contribution in [2.24, 2.45) is 0 Å². The fourth-order valence-corrected chi connectivity index (χ4v) is 3.53. The maximum Gasteiger partial charge on any atom is 0.394 e. The number of aliphatic carboxylic acids is 3. The van der Waals surface area contributed by atoms with Crippen molar-refractivity contribution in [3.8, 4) is 0 Å². The lowest BCUT2D eigenvalue weighted by Gasteiger charge is -2.18. The van der Waals surface area contributed by atoms with E-state index in [2.05, 4.69) is 10.6 Å². The highest BCUT2D eigenvalue weighted by Gasteiger charge is 2.25. The average molecular weight is 531 g/mol. The number of aryl methyl sites for hydroxylation is 1. The van der Waals surface area contributed by atoms with Gasteiger partial charge in [-0.05, 0) is 42.0 Å². The van der Waals surface area contributed by atoms with Crippen LogP contribution in [-0.2, 0) is 30.4 Å². The summed E-state index contributed by atoms with van der Waals surface area (Å²) in [4.78, 5) is 68.4. The predicted molar refractivity (Wildman–Crippen MR) is 134 cm³/mol. The third-order valence-corrected chi connectivity index (χ3v) is 5.56. The van der Waals surface area contributed by atoms with Crippen LogP contribution in [0.25, 0.3) is 10.8 Å². The van der Waals surface area contributed by atoms with Crippen molar-refractivity contribution in [2.75, 3.05) is 13.1 Å². The standard InChI is InChI=1S/C25H30N4O9/c30-20(11-9-15-8-10-16-5-1-2-6-17(16)13-15)26-12-4-3-7-18(22(32)33)28-25(38)29-19(23(34)35)14-27-21(31)24(36)37/h1-2,5-6,8,10,13,18-19H,3-4,7,9,11-12,14H2,(H,26,30)(H,27,31)(H,32,33)(H,34,35)(H,36,37)(H2,28,29,38). The van der Waals surface area contributed by atoms with Crippen molar-refractivity contribution < 1.29 is 44.1 Å². The molecule has 2 rings (SSSR count). The molecule has 0 aliphatic heterocycles. The Morgan fingerprint density at radius 2 is 1.42 bits per heavy atom. The third kappa shape index (κ3) is 10.1. The molecule has 38 heavy (non-hydrogen) atoms. The summed E-state index contributed by atoms with van der Waals surface area (Å²) in [5, 5.41) is 37.9. The van der Waals surface area contributed by atoms with Crippen LogP contribution in [0.4, 0.5) is 4.79 Å². The van der Waals surface area contributed by atoms with E-state index in [0.717, 1.165) is 16.3 Å². The van der Waals surface area contributed by atoms with Crippen LogP contribution in [-0.4, -0.2) is 76.2 Å². The number of amides is 4. The van der Waals surface area contributed by atoms with Crippen LogP contribution < -0.4 is 21.3 Å². The van der Waals surface area contributed by atoms with Crippen LogP contribution in [0.15, 0.2) is 42.5 Å². The Morgan fingerprint density at radius 3 is 2.08 bits per heavy atom. The SMILES string of the molecule is O=C(CCc1ccc2ccccc2c1)NCCCCC(NC(=O)NC(CNC(=O)C(=O)O)C(=O)O)C(=O)O. The van der Waals surface area contributed by atoms with Crippen molar-refractivity contribution in [2.45, 2.75) is 44.2 Å². The molecule has 0 radical (unpaired) electrons. The number of benzene rings is 2. The van der Waals surface area contributed by atoms with Gasteiger partial charge in [0.05, 0.1) is 0 Å². The van der Waals surface area contributed by atoms with Gasteiger partial charge in [0.15, 0.2) is 0 Å². The van der Waals surface area contributed by atoms with Gasteiger partial charge in [-0.2, -0.15) is 0 Å². The number of fused-ring (bicyclic) bond motifs is 1. The van der Waals surface area contributed by atoms with E-state index in [1.165, 1.54) is 0 Å². The minimum atomic E-state index is -1.83. The molecule has 4 amide bonds. The first-order chi connectivity index (χ1) is 18.1. The average Bonchev–Trinajstić information content (AvgIpc) is 2.88. The Labute approximate surface area is 217 Å². The molecule has 7 N–H and O–H groups in total. The van der Waals surface area contributed by atoms with E-state index in [1.54, 1.807) is 0 Å². The van der Waals surface area contributed by atoms with Crippen LogP contribution in [0.5, 0.6) is 0 Å². The summed E-state index contributed by atoms with van der Waals surface area (Å²) in [6.07, 6.45) is 1.69. The fourth-order valence-electron chi connectivity index (χ4n) is 3.53. The smallest absolute Gasteiger partial charge is 0.394 e. The first-order valence-corrected chi connectivity index (χ1v) is 11.8. The van der Waals surface area contributed by atoms with Gasteiger partial charge in [0.1, 0.15) is 12.1 Å². The number of hydrogen-bond acceptors (Lipinski definition) is 6. The monoisotopic (exact) mass is 530 g/mol. The van der Waals surface area contributed by atoms with E-state index in [-0.39, 0.29) is 12.3 Å². The van der Waals surface area contributed by atoms with E-state index < -0.39 is 48.5 Å². The van der Waals surface area contributed by atoms with Gasteiger partial charge >= 0.3 is 29.8 Å². The Morgan fingerprint density at radius 1 is 0.763 bits per heavy atom. The van der Waals surface area contributed by atoms with Crippen molar-refractivity contribution in [1.82, 2.24) is 21.3 Å². The highest BCUT2D eigenvalue weighted by molar-refractivity contribution is 6.31. The van der Waals surface area contributed by atoms with Crippen molar-refractivity contribution >= 4 is 46.5 Å². The molecule has 2 aromatic carbocycles. The maximum atomic E-state index is 12.1. The number of carbonyl (C=O) groups excluding carboxylic acids is 3. The minimum Gasteiger partial charge on any atom is -0.480 e. The summed E-state index contributed by atoms with van der Waals surface area (Å²) in [5.41, 5.74) is 1.04. The van der Waals surface area contributed by atoms with Gasteiger partial charge < -0.3 is 36.6 Å². The molecule has 0 saturated heterocycles. The first kappa shape index (κ1) is 29.5. The van der Waals surface area contributed by atoms with Crippen LogP contribution >= 0.6 is 0 Å². The molecule has 2 aromatic rings. The van der Waals surface area contributed by atoms with Crippen molar-refractivity contribution in [3.63, 3.8) is 0 Å². The van der Waals surface area contributed by atoms with Gasteiger partial charge in [0.25, 0.3) is 0 Å². The molecule has 0 aromatic heterocycles. The van der Waals surface area contributed by atoms with Gasteiger partial charge in [-0.15, -0.1) is 0 Å². The Hall–Kier alpha value is -4.68. The van der Waals surface area contributed by atoms with Gasteiger partial charge in [0, 0.05) is 19.5 Å². The highest BCUT2D eigenvalue weighted by atomic mass is 16.4. The zero-order valence-electron chi connectivity index (χ0n) is 20.4. The number of carbonyl (C=O) groups is 6. The molecule has 13 nitrogen and oxygen atoms in total. The molecule has 0 spiro atoms. The molecule has 204 valence electrons. The summed E-state index contributed by atoms with van der Waals surface area (Å²) in [6.45, 7) is -0.397. The molecule has 0 aliphatic rings. The minimum absolute atomic E-state index is 0.0171. The van der Waals surface area contributed by atoms with Crippen LogP contribution in [0.1, 0.15) is 31.2 Å². The van der Waals surface area contributed by atoms with Gasteiger partial charge in [0.2, 0.25) is 5.91 Å². The Kier molecular flexibility index (Phi) is 11.5. The lowest BCUT2D eigenvalue weighted by atomic mass is 10.0. The van der Waals surface area contributed by atoms with Gasteiger partial charge in [-0.3, -0.25) is 9.59 Å². The molecule has 0 aliphatic carbocycles. The lowest BCUT2D eigenvalue weighted by molar-refractivity contribution is -0.150. The molecule has 0 heterocycles. The number of hydrogen-bond donors (Lipinski definition) is 7. The van der Waals surface area contributed by atoms with E-state index in [0.29, 0.717) is 32.2 Å². The fraction of sp³-hybridized carbons (Fsp3) is 0.360. The summed E-state index contributed by atoms with van der Waals surface area (Å²) in [6, 6.07) is 9.84. The zero-order chi connectivity index (χ0) is 28.1. The predicted octanol–water partition coefficient (Wildman–Crippen LogP) is 0.465. The van der Waals surface area contributed by atoms with E-state index in [9.17, 15) is 33.9 Å². The number of urea groups is 1.